The van der Waals surface area contributed by atoms with E-state index in [0.29, 0.717) is 0 Å². The average Bonchev–Trinajstić information content (AvgIpc) is 2.62. The Morgan fingerprint density at radius 1 is 1.14 bits per heavy atom. The van der Waals surface area contributed by atoms with E-state index < -0.39 is 39.5 Å². The van der Waals surface area contributed by atoms with Gasteiger partial charge < -0.3 is 19.3 Å². The molecule has 5 nitrogen and oxygen atoms in total. The van der Waals surface area contributed by atoms with Gasteiger partial charge in [-0.2, -0.15) is 13.2 Å². The molecule has 0 saturated carbocycles. The maximum absolute atomic E-state index is 14.0. The monoisotopic (exact) mass is 461 g/mol. The van der Waals surface area contributed by atoms with Crippen LogP contribution in [0, 0.1) is 6.92 Å². The zero-order valence-electron chi connectivity index (χ0n) is 15.2. The highest BCUT2D eigenvalue weighted by Gasteiger charge is 2.59. The van der Waals surface area contributed by atoms with Crippen molar-refractivity contribution < 1.29 is 32.5 Å². The second-order valence-corrected chi connectivity index (χ2v) is 7.11. The van der Waals surface area contributed by atoms with Crippen molar-refractivity contribution in [3.05, 3.63) is 27.9 Å². The summed E-state index contributed by atoms with van der Waals surface area (Å²) in [7, 11) is 3.91. The van der Waals surface area contributed by atoms with E-state index in [1.165, 1.54) is 34.3 Å². The Labute approximate surface area is 174 Å². The fourth-order valence-corrected chi connectivity index (χ4v) is 4.43. The maximum atomic E-state index is 14.0. The standard InChI is InChI=1S/C17H17Cl3F3NO4/c1-7-5-8(26-2)10(27-3)11(28-4)9(7)16(6-25)12(17(21,22)23)14(19)24-15(20)13(16)18/h5,13,25H,6H2,1-4H3. The molecule has 0 amide bonds. The number of aryl methyl sites for hydroxylation is 1. The number of aliphatic imine (C=N–C) groups is 1. The molecule has 0 bridgehead atoms. The Balaban J connectivity index is 3.06. The predicted molar refractivity (Wildman–Crippen MR) is 101 cm³/mol. The van der Waals surface area contributed by atoms with Crippen LogP contribution in [0.3, 0.4) is 0 Å². The fraction of sp³-hybridized carbons (Fsp3) is 0.471. The smallest absolute Gasteiger partial charge is 0.416 e. The van der Waals surface area contributed by atoms with Crippen LogP contribution in [-0.4, -0.2) is 49.8 Å². The summed E-state index contributed by atoms with van der Waals surface area (Å²) in [5, 5.41) is 7.36. The fourth-order valence-electron chi connectivity index (χ4n) is 3.41. The zero-order valence-corrected chi connectivity index (χ0v) is 17.5. The summed E-state index contributed by atoms with van der Waals surface area (Å²) < 4.78 is 58.0. The largest absolute Gasteiger partial charge is 0.493 e. The number of halogens is 6. The molecule has 156 valence electrons. The number of hydrogen-bond acceptors (Lipinski definition) is 5. The molecule has 1 heterocycles. The number of methoxy groups -OCH3 is 3. The van der Waals surface area contributed by atoms with Crippen LogP contribution in [0.5, 0.6) is 17.2 Å². The van der Waals surface area contributed by atoms with Crippen molar-refractivity contribution >= 4 is 40.0 Å². The van der Waals surface area contributed by atoms with Gasteiger partial charge in [0.15, 0.2) is 11.5 Å². The quantitative estimate of drug-likeness (QED) is 0.516. The molecule has 2 atom stereocenters. The number of aliphatic hydroxyl groups is 1. The molecule has 0 fully saturated rings. The van der Waals surface area contributed by atoms with Gasteiger partial charge in [0.1, 0.15) is 15.7 Å². The number of nitrogens with zero attached hydrogens (tertiary/aromatic N) is 1. The van der Waals surface area contributed by atoms with Crippen molar-refractivity contribution in [3.63, 3.8) is 0 Å². The zero-order chi connectivity index (χ0) is 21.4. The predicted octanol–water partition coefficient (Wildman–Crippen LogP) is 4.52. The van der Waals surface area contributed by atoms with E-state index >= 15 is 0 Å². The average molecular weight is 463 g/mol. The first-order valence-electron chi connectivity index (χ1n) is 7.77. The van der Waals surface area contributed by atoms with E-state index in [9.17, 15) is 18.3 Å². The minimum absolute atomic E-state index is 0.0265. The molecule has 1 aromatic rings. The molecule has 2 unspecified atom stereocenters. The maximum Gasteiger partial charge on any atom is 0.416 e. The summed E-state index contributed by atoms with van der Waals surface area (Å²) in [5.41, 5.74) is -3.44. The molecule has 0 spiro atoms. The summed E-state index contributed by atoms with van der Waals surface area (Å²) in [6.45, 7) is 0.438. The van der Waals surface area contributed by atoms with Crippen molar-refractivity contribution in [2.24, 2.45) is 4.99 Å². The lowest BCUT2D eigenvalue weighted by Gasteiger charge is -2.42. The highest BCUT2D eigenvalue weighted by molar-refractivity contribution is 6.71. The molecule has 1 N–H and O–H groups in total. The number of aliphatic hydroxyl groups excluding tert-OH is 1. The van der Waals surface area contributed by atoms with Gasteiger partial charge in [0.25, 0.3) is 0 Å². The van der Waals surface area contributed by atoms with E-state index in [4.69, 9.17) is 49.0 Å². The van der Waals surface area contributed by atoms with E-state index in [-0.39, 0.29) is 28.4 Å². The van der Waals surface area contributed by atoms with Crippen molar-refractivity contribution in [1.29, 1.82) is 0 Å². The van der Waals surface area contributed by atoms with Crippen molar-refractivity contribution in [3.8, 4) is 17.2 Å². The summed E-state index contributed by atoms with van der Waals surface area (Å²) in [4.78, 5) is 3.51. The van der Waals surface area contributed by atoms with Crippen LogP contribution in [0.15, 0.2) is 21.8 Å². The first-order valence-corrected chi connectivity index (χ1v) is 8.96. The molecule has 0 aromatic heterocycles. The van der Waals surface area contributed by atoms with Gasteiger partial charge in [-0.05, 0) is 18.6 Å². The molecule has 1 aromatic carbocycles. The Kier molecular flexibility index (Phi) is 6.70. The van der Waals surface area contributed by atoms with Crippen LogP contribution in [0.1, 0.15) is 11.1 Å². The van der Waals surface area contributed by atoms with Gasteiger partial charge in [-0.3, -0.25) is 0 Å². The number of rotatable bonds is 5. The summed E-state index contributed by atoms with van der Waals surface area (Å²) in [6.07, 6.45) is -4.97. The van der Waals surface area contributed by atoms with Gasteiger partial charge >= 0.3 is 6.18 Å². The highest BCUT2D eigenvalue weighted by Crippen LogP contribution is 2.56. The molecular weight excluding hydrogens is 446 g/mol. The van der Waals surface area contributed by atoms with Crippen molar-refractivity contribution in [2.45, 2.75) is 23.9 Å². The molecular formula is C17H17Cl3F3NO4. The second kappa shape index (κ2) is 8.18. The third kappa shape index (κ3) is 3.40. The number of hydrogen-bond donors (Lipinski definition) is 1. The third-order valence-electron chi connectivity index (χ3n) is 4.51. The van der Waals surface area contributed by atoms with Gasteiger partial charge in [0, 0.05) is 5.56 Å². The van der Waals surface area contributed by atoms with Gasteiger partial charge in [-0.1, -0.05) is 23.2 Å². The van der Waals surface area contributed by atoms with Crippen LogP contribution in [-0.2, 0) is 5.41 Å². The second-order valence-electron chi connectivity index (χ2n) is 5.93. The van der Waals surface area contributed by atoms with Crippen LogP contribution in [0.25, 0.3) is 0 Å². The molecule has 0 aliphatic carbocycles. The lowest BCUT2D eigenvalue weighted by molar-refractivity contribution is -0.104. The number of alkyl halides is 4. The first-order chi connectivity index (χ1) is 13.0. The Morgan fingerprint density at radius 3 is 2.14 bits per heavy atom. The highest BCUT2D eigenvalue weighted by atomic mass is 35.5. The molecule has 1 aliphatic rings. The molecule has 0 saturated heterocycles. The van der Waals surface area contributed by atoms with Crippen molar-refractivity contribution in [2.75, 3.05) is 27.9 Å². The lowest BCUT2D eigenvalue weighted by atomic mass is 9.69. The number of benzene rings is 1. The Hall–Kier alpha value is -1.35. The minimum Gasteiger partial charge on any atom is -0.493 e. The van der Waals surface area contributed by atoms with E-state index in [2.05, 4.69) is 4.99 Å². The molecule has 1 aliphatic heterocycles. The summed E-state index contributed by atoms with van der Waals surface area (Å²) >= 11 is 18.2. The van der Waals surface area contributed by atoms with Crippen LogP contribution >= 0.6 is 34.8 Å². The molecule has 11 heteroatoms. The topological polar surface area (TPSA) is 60.3 Å². The minimum atomic E-state index is -4.97. The SMILES string of the molecule is COc1cc(C)c(C2(CO)C(C(F)(F)F)=C(Cl)N=C(Cl)C2Cl)c(OC)c1OC. The van der Waals surface area contributed by atoms with Gasteiger partial charge in [-0.15, -0.1) is 11.6 Å². The van der Waals surface area contributed by atoms with Crippen LogP contribution in [0.4, 0.5) is 13.2 Å². The third-order valence-corrected chi connectivity index (χ3v) is 5.77. The summed E-state index contributed by atoms with van der Waals surface area (Å²) in [6, 6.07) is 1.44. The lowest BCUT2D eigenvalue weighted by Crippen LogP contribution is -2.51. The molecule has 28 heavy (non-hydrogen) atoms. The summed E-state index contributed by atoms with van der Waals surface area (Å²) in [5.74, 6) is 0.147. The van der Waals surface area contributed by atoms with Crippen LogP contribution < -0.4 is 14.2 Å². The number of ether oxygens (including phenoxy) is 3. The van der Waals surface area contributed by atoms with Crippen molar-refractivity contribution in [1.82, 2.24) is 0 Å². The Morgan fingerprint density at radius 2 is 1.71 bits per heavy atom. The Bertz CT molecular complexity index is 842. The van der Waals surface area contributed by atoms with Crippen LogP contribution in [0.2, 0.25) is 0 Å². The van der Waals surface area contributed by atoms with Gasteiger partial charge in [0.2, 0.25) is 5.75 Å². The van der Waals surface area contributed by atoms with E-state index in [0.717, 1.165) is 0 Å². The molecule has 0 radical (unpaired) electrons. The normalized spacial score (nSPS) is 22.8. The van der Waals surface area contributed by atoms with Gasteiger partial charge in [-0.25, -0.2) is 4.99 Å². The molecule has 2 rings (SSSR count). The van der Waals surface area contributed by atoms with E-state index in [1.54, 1.807) is 0 Å². The first kappa shape index (κ1) is 22.9. The van der Waals surface area contributed by atoms with E-state index in [1.807, 2.05) is 0 Å². The van der Waals surface area contributed by atoms with Gasteiger partial charge in [0.05, 0.1) is 38.9 Å².